The number of amides is 2. The molecule has 6 nitrogen and oxygen atoms in total. The van der Waals surface area contributed by atoms with E-state index in [0.717, 1.165) is 11.1 Å². The SMILES string of the molecule is COc1cc(C=NNC(=O)Nc2ccccc2)ccc1OC(C)c1ccccc1. The second-order valence-electron chi connectivity index (χ2n) is 6.27. The summed E-state index contributed by atoms with van der Waals surface area (Å²) in [7, 11) is 1.59. The highest BCUT2D eigenvalue weighted by Crippen LogP contribution is 2.31. The molecule has 29 heavy (non-hydrogen) atoms. The lowest BCUT2D eigenvalue weighted by Gasteiger charge is -2.17. The van der Waals surface area contributed by atoms with Gasteiger partial charge in [0.25, 0.3) is 0 Å². The molecule has 0 radical (unpaired) electrons. The van der Waals surface area contributed by atoms with Crippen LogP contribution < -0.4 is 20.2 Å². The summed E-state index contributed by atoms with van der Waals surface area (Å²) in [5, 5.41) is 6.66. The number of carbonyl (C=O) groups is 1. The topological polar surface area (TPSA) is 72.0 Å². The molecule has 0 aliphatic rings. The van der Waals surface area contributed by atoms with Gasteiger partial charge in [-0.3, -0.25) is 0 Å². The Morgan fingerprint density at radius 1 is 0.966 bits per heavy atom. The van der Waals surface area contributed by atoms with E-state index >= 15 is 0 Å². The van der Waals surface area contributed by atoms with Crippen LogP contribution in [0.1, 0.15) is 24.2 Å². The van der Waals surface area contributed by atoms with Crippen LogP contribution in [0, 0.1) is 0 Å². The molecule has 3 aromatic rings. The van der Waals surface area contributed by atoms with Gasteiger partial charge in [0.1, 0.15) is 6.10 Å². The summed E-state index contributed by atoms with van der Waals surface area (Å²) >= 11 is 0. The number of hydrogen-bond acceptors (Lipinski definition) is 4. The molecule has 0 spiro atoms. The quantitative estimate of drug-likeness (QED) is 0.442. The molecule has 0 aromatic heterocycles. The molecule has 6 heteroatoms. The number of hydrazone groups is 1. The first-order valence-electron chi connectivity index (χ1n) is 9.20. The average Bonchev–Trinajstić information content (AvgIpc) is 2.76. The molecule has 1 unspecified atom stereocenters. The predicted molar refractivity (Wildman–Crippen MR) is 115 cm³/mol. The predicted octanol–water partition coefficient (Wildman–Crippen LogP) is 4.99. The Bertz CT molecular complexity index is 960. The maximum Gasteiger partial charge on any atom is 0.339 e. The van der Waals surface area contributed by atoms with Crippen molar-refractivity contribution in [2.24, 2.45) is 5.10 Å². The number of rotatable bonds is 7. The molecular weight excluding hydrogens is 366 g/mol. The van der Waals surface area contributed by atoms with E-state index < -0.39 is 6.03 Å². The molecule has 0 aliphatic heterocycles. The zero-order chi connectivity index (χ0) is 20.5. The van der Waals surface area contributed by atoms with Gasteiger partial charge in [-0.05, 0) is 48.4 Å². The van der Waals surface area contributed by atoms with Crippen LogP contribution in [0.2, 0.25) is 0 Å². The molecule has 0 saturated heterocycles. The normalized spacial score (nSPS) is 11.7. The molecule has 0 aliphatic carbocycles. The van der Waals surface area contributed by atoms with Gasteiger partial charge in [-0.15, -0.1) is 0 Å². The van der Waals surface area contributed by atoms with Gasteiger partial charge in [0.05, 0.1) is 13.3 Å². The highest BCUT2D eigenvalue weighted by Gasteiger charge is 2.11. The molecule has 3 rings (SSSR count). The summed E-state index contributed by atoms with van der Waals surface area (Å²) in [6, 6.07) is 24.2. The Morgan fingerprint density at radius 2 is 1.66 bits per heavy atom. The fourth-order valence-electron chi connectivity index (χ4n) is 2.69. The third-order valence-electron chi connectivity index (χ3n) is 4.17. The van der Waals surface area contributed by atoms with E-state index in [0.29, 0.717) is 17.2 Å². The van der Waals surface area contributed by atoms with Crippen molar-refractivity contribution < 1.29 is 14.3 Å². The van der Waals surface area contributed by atoms with Crippen LogP contribution in [0.4, 0.5) is 10.5 Å². The van der Waals surface area contributed by atoms with Crippen molar-refractivity contribution in [3.63, 3.8) is 0 Å². The number of carbonyl (C=O) groups excluding carboxylic acids is 1. The van der Waals surface area contributed by atoms with Crippen LogP contribution in [0.25, 0.3) is 0 Å². The molecule has 0 heterocycles. The molecule has 1 atom stereocenters. The number of ether oxygens (including phenoxy) is 2. The van der Waals surface area contributed by atoms with Gasteiger partial charge >= 0.3 is 6.03 Å². The second kappa shape index (κ2) is 9.94. The van der Waals surface area contributed by atoms with Crippen LogP contribution in [0.15, 0.2) is 84.0 Å². The Kier molecular flexibility index (Phi) is 6.84. The zero-order valence-electron chi connectivity index (χ0n) is 16.3. The van der Waals surface area contributed by atoms with E-state index in [-0.39, 0.29) is 6.10 Å². The van der Waals surface area contributed by atoms with Crippen LogP contribution in [-0.2, 0) is 0 Å². The minimum Gasteiger partial charge on any atom is -0.493 e. The van der Waals surface area contributed by atoms with Crippen LogP contribution in [0.3, 0.4) is 0 Å². The van der Waals surface area contributed by atoms with Crippen molar-refractivity contribution in [3.05, 3.63) is 90.0 Å². The lowest BCUT2D eigenvalue weighted by molar-refractivity contribution is 0.216. The number of benzene rings is 3. The van der Waals surface area contributed by atoms with Gasteiger partial charge in [-0.25, -0.2) is 10.2 Å². The van der Waals surface area contributed by atoms with E-state index in [9.17, 15) is 4.79 Å². The molecule has 148 valence electrons. The van der Waals surface area contributed by atoms with Crippen molar-refractivity contribution in [1.29, 1.82) is 0 Å². The standard InChI is InChI=1S/C23H23N3O3/c1-17(19-9-5-3-6-10-19)29-21-14-13-18(15-22(21)28-2)16-24-26-23(27)25-20-11-7-4-8-12-20/h3-17H,1-2H3,(H2,25,26,27). The Balaban J connectivity index is 1.60. The Morgan fingerprint density at radius 3 is 2.34 bits per heavy atom. The summed E-state index contributed by atoms with van der Waals surface area (Å²) < 4.78 is 11.5. The zero-order valence-corrected chi connectivity index (χ0v) is 16.3. The van der Waals surface area contributed by atoms with Gasteiger partial charge in [0.2, 0.25) is 0 Å². The van der Waals surface area contributed by atoms with E-state index in [2.05, 4.69) is 15.8 Å². The van der Waals surface area contributed by atoms with Crippen LogP contribution >= 0.6 is 0 Å². The van der Waals surface area contributed by atoms with Crippen molar-refractivity contribution >= 4 is 17.9 Å². The minimum absolute atomic E-state index is 0.118. The number of nitrogens with zero attached hydrogens (tertiary/aromatic N) is 1. The number of hydrogen-bond donors (Lipinski definition) is 2. The Labute approximate surface area is 170 Å². The third-order valence-corrected chi connectivity index (χ3v) is 4.17. The van der Waals surface area contributed by atoms with E-state index in [1.807, 2.05) is 67.6 Å². The van der Waals surface area contributed by atoms with Gasteiger partial charge in [-0.1, -0.05) is 48.5 Å². The Hall–Kier alpha value is -3.80. The lowest BCUT2D eigenvalue weighted by Crippen LogP contribution is -2.24. The molecule has 0 fully saturated rings. The lowest BCUT2D eigenvalue weighted by atomic mass is 10.1. The highest BCUT2D eigenvalue weighted by atomic mass is 16.5. The number of methoxy groups -OCH3 is 1. The summed E-state index contributed by atoms with van der Waals surface area (Å²) in [5.74, 6) is 1.22. The maximum atomic E-state index is 11.9. The first kappa shape index (κ1) is 19.9. The van der Waals surface area contributed by atoms with E-state index in [4.69, 9.17) is 9.47 Å². The molecule has 2 N–H and O–H groups in total. The first-order chi connectivity index (χ1) is 14.2. The smallest absolute Gasteiger partial charge is 0.339 e. The average molecular weight is 389 g/mol. The number of urea groups is 1. The molecular formula is C23H23N3O3. The number of para-hydroxylation sites is 1. The maximum absolute atomic E-state index is 11.9. The van der Waals surface area contributed by atoms with Crippen molar-refractivity contribution in [2.45, 2.75) is 13.0 Å². The largest absolute Gasteiger partial charge is 0.493 e. The van der Waals surface area contributed by atoms with Gasteiger partial charge < -0.3 is 14.8 Å². The van der Waals surface area contributed by atoms with Gasteiger partial charge in [0, 0.05) is 5.69 Å². The van der Waals surface area contributed by atoms with Crippen molar-refractivity contribution in [3.8, 4) is 11.5 Å². The second-order valence-corrected chi connectivity index (χ2v) is 6.27. The van der Waals surface area contributed by atoms with Crippen molar-refractivity contribution in [1.82, 2.24) is 5.43 Å². The molecule has 0 saturated carbocycles. The summed E-state index contributed by atoms with van der Waals surface area (Å²) in [6.07, 6.45) is 1.42. The summed E-state index contributed by atoms with van der Waals surface area (Å²) in [5.41, 5.74) is 4.97. The van der Waals surface area contributed by atoms with E-state index in [1.165, 1.54) is 6.21 Å². The van der Waals surface area contributed by atoms with E-state index in [1.54, 1.807) is 25.3 Å². The number of nitrogens with one attached hydrogen (secondary N) is 2. The van der Waals surface area contributed by atoms with Gasteiger partial charge in [-0.2, -0.15) is 5.10 Å². The first-order valence-corrected chi connectivity index (χ1v) is 9.20. The molecule has 2 amide bonds. The summed E-state index contributed by atoms with van der Waals surface area (Å²) in [4.78, 5) is 11.9. The highest BCUT2D eigenvalue weighted by molar-refractivity contribution is 5.90. The van der Waals surface area contributed by atoms with Crippen molar-refractivity contribution in [2.75, 3.05) is 12.4 Å². The minimum atomic E-state index is -0.420. The fourth-order valence-corrected chi connectivity index (χ4v) is 2.69. The third kappa shape index (κ3) is 5.84. The van der Waals surface area contributed by atoms with Gasteiger partial charge in [0.15, 0.2) is 11.5 Å². The van der Waals surface area contributed by atoms with Crippen LogP contribution in [0.5, 0.6) is 11.5 Å². The molecule has 0 bridgehead atoms. The fraction of sp³-hybridized carbons (Fsp3) is 0.130. The molecule has 3 aromatic carbocycles. The van der Waals surface area contributed by atoms with Crippen LogP contribution in [-0.4, -0.2) is 19.4 Å². The summed E-state index contributed by atoms with van der Waals surface area (Å²) in [6.45, 7) is 1.99. The number of anilines is 1. The monoisotopic (exact) mass is 389 g/mol.